The van der Waals surface area contributed by atoms with E-state index in [9.17, 15) is 13.2 Å². The fourth-order valence-corrected chi connectivity index (χ4v) is 4.61. The minimum Gasteiger partial charge on any atom is -0.493 e. The number of nitrogens with zero attached hydrogens (tertiary/aromatic N) is 1. The number of carbonyl (C=O) groups excluding carboxylic acids is 1. The zero-order valence-electron chi connectivity index (χ0n) is 14.5. The summed E-state index contributed by atoms with van der Waals surface area (Å²) in [5.41, 5.74) is 2.20. The lowest BCUT2D eigenvalue weighted by molar-refractivity contribution is 0.194. The number of carbonyl (C=O) groups is 1. The predicted octanol–water partition coefficient (Wildman–Crippen LogP) is 1.90. The van der Waals surface area contributed by atoms with Gasteiger partial charge in [0.15, 0.2) is 9.84 Å². The largest absolute Gasteiger partial charge is 0.493 e. The van der Waals surface area contributed by atoms with E-state index in [-0.39, 0.29) is 23.6 Å². The average molecular weight is 354 g/mol. The van der Waals surface area contributed by atoms with Gasteiger partial charge in [0.05, 0.1) is 18.1 Å². The van der Waals surface area contributed by atoms with Crippen LogP contribution in [-0.4, -0.2) is 57.1 Å². The Morgan fingerprint density at radius 1 is 1.33 bits per heavy atom. The number of para-hydroxylation sites is 1. The van der Waals surface area contributed by atoms with Crippen LogP contribution in [0.4, 0.5) is 4.79 Å². The summed E-state index contributed by atoms with van der Waals surface area (Å²) in [6, 6.07) is 5.56. The van der Waals surface area contributed by atoms with Gasteiger partial charge in [0, 0.05) is 19.6 Å². The van der Waals surface area contributed by atoms with Gasteiger partial charge >= 0.3 is 6.03 Å². The van der Waals surface area contributed by atoms with Crippen molar-refractivity contribution < 1.29 is 17.9 Å². The van der Waals surface area contributed by atoms with Crippen molar-refractivity contribution in [3.63, 3.8) is 0 Å². The second-order valence-corrected chi connectivity index (χ2v) is 8.55. The molecule has 2 amide bonds. The Bertz CT molecular complexity index is 668. The number of hydrogen-bond donors (Lipinski definition) is 1. The van der Waals surface area contributed by atoms with E-state index in [0.717, 1.165) is 16.9 Å². The monoisotopic (exact) mass is 354 g/mol. The van der Waals surface area contributed by atoms with E-state index >= 15 is 0 Å². The van der Waals surface area contributed by atoms with Crippen molar-refractivity contribution in [2.45, 2.75) is 32.7 Å². The normalized spacial score (nSPS) is 19.0. The van der Waals surface area contributed by atoms with Gasteiger partial charge in [-0.15, -0.1) is 0 Å². The molecule has 24 heavy (non-hydrogen) atoms. The number of nitrogens with one attached hydrogen (secondary N) is 1. The Balaban J connectivity index is 1.70. The summed E-state index contributed by atoms with van der Waals surface area (Å²) in [6.45, 7) is 5.03. The molecule has 0 radical (unpaired) electrons. The third-order valence-electron chi connectivity index (χ3n) is 4.33. The maximum Gasteiger partial charge on any atom is 0.317 e. The SMILES string of the molecule is Cc1cccc(C)c1OCCCNC(=O)N(C)C1CCS(=O)(=O)C1. The molecule has 0 bridgehead atoms. The highest BCUT2D eigenvalue weighted by atomic mass is 32.2. The Morgan fingerprint density at radius 3 is 2.58 bits per heavy atom. The molecule has 1 aliphatic heterocycles. The lowest BCUT2D eigenvalue weighted by Crippen LogP contribution is -2.44. The Hall–Kier alpha value is -1.76. The molecule has 1 N–H and O–H groups in total. The van der Waals surface area contributed by atoms with Gasteiger partial charge in [0.1, 0.15) is 5.75 Å². The van der Waals surface area contributed by atoms with Crippen molar-refractivity contribution in [2.75, 3.05) is 31.7 Å². The van der Waals surface area contributed by atoms with Gasteiger partial charge in [-0.2, -0.15) is 0 Å². The smallest absolute Gasteiger partial charge is 0.317 e. The molecule has 0 aromatic heterocycles. The number of urea groups is 1. The van der Waals surface area contributed by atoms with Crippen LogP contribution in [0, 0.1) is 13.8 Å². The lowest BCUT2D eigenvalue weighted by Gasteiger charge is -2.23. The molecule has 1 heterocycles. The second kappa shape index (κ2) is 7.88. The first-order chi connectivity index (χ1) is 11.3. The molecule has 6 nitrogen and oxygen atoms in total. The molecule has 0 spiro atoms. The number of benzene rings is 1. The third-order valence-corrected chi connectivity index (χ3v) is 6.08. The number of amides is 2. The van der Waals surface area contributed by atoms with Gasteiger partial charge in [-0.25, -0.2) is 13.2 Å². The fraction of sp³-hybridized carbons (Fsp3) is 0.588. The summed E-state index contributed by atoms with van der Waals surface area (Å²) in [5, 5.41) is 2.81. The van der Waals surface area contributed by atoms with Crippen molar-refractivity contribution in [3.05, 3.63) is 29.3 Å². The lowest BCUT2D eigenvalue weighted by atomic mass is 10.1. The molecule has 2 rings (SSSR count). The molecule has 0 saturated carbocycles. The van der Waals surface area contributed by atoms with Gasteiger partial charge in [-0.1, -0.05) is 18.2 Å². The number of aryl methyl sites for hydroxylation is 2. The van der Waals surface area contributed by atoms with Crippen LogP contribution in [0.25, 0.3) is 0 Å². The second-order valence-electron chi connectivity index (χ2n) is 6.32. The molecule has 1 fully saturated rings. The summed E-state index contributed by atoms with van der Waals surface area (Å²) >= 11 is 0. The summed E-state index contributed by atoms with van der Waals surface area (Å²) in [4.78, 5) is 13.6. The predicted molar refractivity (Wildman–Crippen MR) is 94.2 cm³/mol. The minimum atomic E-state index is -2.98. The van der Waals surface area contributed by atoms with Gasteiger partial charge in [0.25, 0.3) is 0 Å². The first kappa shape index (κ1) is 18.6. The van der Waals surface area contributed by atoms with E-state index in [2.05, 4.69) is 5.32 Å². The number of sulfone groups is 1. The van der Waals surface area contributed by atoms with Crippen LogP contribution < -0.4 is 10.1 Å². The maximum absolute atomic E-state index is 12.1. The van der Waals surface area contributed by atoms with Crippen molar-refractivity contribution in [3.8, 4) is 5.75 Å². The fourth-order valence-electron chi connectivity index (χ4n) is 2.84. The molecule has 7 heteroatoms. The first-order valence-electron chi connectivity index (χ1n) is 8.20. The van der Waals surface area contributed by atoms with E-state index < -0.39 is 9.84 Å². The van der Waals surface area contributed by atoms with Gasteiger partial charge in [0.2, 0.25) is 0 Å². The minimum absolute atomic E-state index is 0.0621. The van der Waals surface area contributed by atoms with Crippen molar-refractivity contribution in [1.82, 2.24) is 10.2 Å². The zero-order chi connectivity index (χ0) is 17.7. The number of ether oxygens (including phenoxy) is 1. The van der Waals surface area contributed by atoms with Gasteiger partial charge < -0.3 is 15.0 Å². The molecule has 0 aliphatic carbocycles. The number of hydrogen-bond acceptors (Lipinski definition) is 4. The van der Waals surface area contributed by atoms with Gasteiger partial charge in [-0.05, 0) is 37.8 Å². The highest BCUT2D eigenvalue weighted by Gasteiger charge is 2.32. The summed E-state index contributed by atoms with van der Waals surface area (Å²) < 4.78 is 28.8. The quantitative estimate of drug-likeness (QED) is 0.792. The Kier molecular flexibility index (Phi) is 6.10. The highest BCUT2D eigenvalue weighted by molar-refractivity contribution is 7.91. The molecular weight excluding hydrogens is 328 g/mol. The van der Waals surface area contributed by atoms with Crippen LogP contribution in [0.3, 0.4) is 0 Å². The van der Waals surface area contributed by atoms with Crippen molar-refractivity contribution in [1.29, 1.82) is 0 Å². The van der Waals surface area contributed by atoms with Crippen LogP contribution in [0.1, 0.15) is 24.0 Å². The first-order valence-corrected chi connectivity index (χ1v) is 10.0. The van der Waals surface area contributed by atoms with Gasteiger partial charge in [-0.3, -0.25) is 0 Å². The summed E-state index contributed by atoms with van der Waals surface area (Å²) in [6.07, 6.45) is 1.21. The van der Waals surface area contributed by atoms with Crippen LogP contribution in [0.5, 0.6) is 5.75 Å². The molecule has 134 valence electrons. The topological polar surface area (TPSA) is 75.7 Å². The third kappa shape index (κ3) is 4.87. The van der Waals surface area contributed by atoms with E-state index in [0.29, 0.717) is 26.0 Å². The summed E-state index contributed by atoms with van der Waals surface area (Å²) in [5.74, 6) is 1.13. The highest BCUT2D eigenvalue weighted by Crippen LogP contribution is 2.22. The van der Waals surface area contributed by atoms with Crippen LogP contribution >= 0.6 is 0 Å². The Morgan fingerprint density at radius 2 is 2.00 bits per heavy atom. The molecule has 1 unspecified atom stereocenters. The van der Waals surface area contributed by atoms with Crippen molar-refractivity contribution >= 4 is 15.9 Å². The van der Waals surface area contributed by atoms with Crippen LogP contribution in [0.15, 0.2) is 18.2 Å². The molecule has 1 saturated heterocycles. The standard InChI is InChI=1S/C17H26N2O4S/c1-13-6-4-7-14(2)16(13)23-10-5-9-18-17(20)19(3)15-8-11-24(21,22)12-15/h4,6-7,15H,5,8-12H2,1-3H3,(H,18,20). The van der Waals surface area contributed by atoms with Crippen LogP contribution in [-0.2, 0) is 9.84 Å². The van der Waals surface area contributed by atoms with E-state index in [1.807, 2.05) is 32.0 Å². The molecule has 1 aliphatic rings. The van der Waals surface area contributed by atoms with E-state index in [4.69, 9.17) is 4.74 Å². The molecule has 1 atom stereocenters. The van der Waals surface area contributed by atoms with E-state index in [1.54, 1.807) is 7.05 Å². The zero-order valence-corrected chi connectivity index (χ0v) is 15.4. The summed E-state index contributed by atoms with van der Waals surface area (Å²) in [7, 11) is -1.34. The van der Waals surface area contributed by atoms with Crippen LogP contribution in [0.2, 0.25) is 0 Å². The average Bonchev–Trinajstić information content (AvgIpc) is 2.88. The maximum atomic E-state index is 12.1. The number of rotatable bonds is 6. The molecule has 1 aromatic carbocycles. The van der Waals surface area contributed by atoms with E-state index in [1.165, 1.54) is 4.90 Å². The Labute approximate surface area is 144 Å². The molecule has 1 aromatic rings. The molecular formula is C17H26N2O4S. The van der Waals surface area contributed by atoms with Crippen molar-refractivity contribution in [2.24, 2.45) is 0 Å².